The van der Waals surface area contributed by atoms with Crippen LogP contribution in [0.5, 0.6) is 5.75 Å². The monoisotopic (exact) mass is 491 g/mol. The Balaban J connectivity index is 1.50. The van der Waals surface area contributed by atoms with Crippen LogP contribution in [0.3, 0.4) is 0 Å². The van der Waals surface area contributed by atoms with E-state index in [1.165, 1.54) is 0 Å². The van der Waals surface area contributed by atoms with Gasteiger partial charge >= 0.3 is 12.1 Å². The van der Waals surface area contributed by atoms with Crippen molar-refractivity contribution in [1.29, 1.82) is 0 Å². The third-order valence-electron chi connectivity index (χ3n) is 5.01. The van der Waals surface area contributed by atoms with Crippen molar-refractivity contribution in [2.24, 2.45) is 5.92 Å². The zero-order valence-corrected chi connectivity index (χ0v) is 18.4. The van der Waals surface area contributed by atoms with Crippen LogP contribution in [0.4, 0.5) is 13.2 Å². The number of halogens is 4. The Morgan fingerprint density at radius 3 is 2.41 bits per heavy atom. The number of carbonyl (C=O) groups is 1. The molecule has 0 spiro atoms. The van der Waals surface area contributed by atoms with Gasteiger partial charge < -0.3 is 9.47 Å². The smallest absolute Gasteiger partial charge is 0.416 e. The molecule has 0 bridgehead atoms. The number of nitrogens with zero attached hydrogens (tertiary/aromatic N) is 1. The molecule has 1 saturated heterocycles. The maximum Gasteiger partial charge on any atom is 0.416 e. The van der Waals surface area contributed by atoms with Gasteiger partial charge in [-0.2, -0.15) is 17.5 Å². The second-order valence-corrected chi connectivity index (χ2v) is 9.50. The first kappa shape index (κ1) is 24.3. The fraction of sp³-hybridized carbons (Fsp3) is 0.381. The Labute approximate surface area is 188 Å². The zero-order chi connectivity index (χ0) is 23.4. The molecule has 1 heterocycles. The molecule has 1 fully saturated rings. The predicted octanol–water partition coefficient (Wildman–Crippen LogP) is 4.38. The Kier molecular flexibility index (Phi) is 7.68. The van der Waals surface area contributed by atoms with Gasteiger partial charge in [0.15, 0.2) is 0 Å². The highest BCUT2D eigenvalue weighted by Crippen LogP contribution is 2.32. The minimum absolute atomic E-state index is 0.00675. The van der Waals surface area contributed by atoms with Crippen molar-refractivity contribution in [1.82, 2.24) is 4.31 Å². The van der Waals surface area contributed by atoms with E-state index in [0.717, 1.165) is 22.5 Å². The van der Waals surface area contributed by atoms with E-state index < -0.39 is 38.5 Å². The summed E-state index contributed by atoms with van der Waals surface area (Å²) in [6.45, 7) is 0.133. The number of sulfonamides is 1. The van der Waals surface area contributed by atoms with E-state index in [1.807, 2.05) is 0 Å². The van der Waals surface area contributed by atoms with E-state index in [2.05, 4.69) is 0 Å². The summed E-state index contributed by atoms with van der Waals surface area (Å²) >= 11 is 5.97. The first-order valence-electron chi connectivity index (χ1n) is 9.80. The molecule has 32 heavy (non-hydrogen) atoms. The molecule has 2 aromatic rings. The fourth-order valence-electron chi connectivity index (χ4n) is 3.29. The van der Waals surface area contributed by atoms with Crippen LogP contribution in [0, 0.1) is 5.92 Å². The highest BCUT2D eigenvalue weighted by atomic mass is 35.5. The Hall–Kier alpha value is -2.30. The van der Waals surface area contributed by atoms with E-state index in [-0.39, 0.29) is 39.1 Å². The van der Waals surface area contributed by atoms with Crippen LogP contribution >= 0.6 is 11.6 Å². The number of ether oxygens (including phenoxy) is 2. The van der Waals surface area contributed by atoms with Crippen molar-refractivity contribution < 1.29 is 35.9 Å². The summed E-state index contributed by atoms with van der Waals surface area (Å²) in [6.07, 6.45) is -4.22. The molecule has 1 aliphatic rings. The number of benzene rings is 2. The standard InChI is InChI=1S/C21H21ClF3NO5S/c22-18-6-1-2-7-19(18)30-12-13-31-20(27)15-8-10-26(11-9-15)32(28,29)17-5-3-4-16(14-17)21(23,24)25/h1-7,14-15H,8-13H2. The first-order chi connectivity index (χ1) is 15.1. The molecule has 11 heteroatoms. The first-order valence-corrected chi connectivity index (χ1v) is 11.6. The normalized spacial score (nSPS) is 16.0. The van der Waals surface area contributed by atoms with Crippen LogP contribution in [-0.4, -0.2) is 45.0 Å². The molecule has 2 aromatic carbocycles. The summed E-state index contributed by atoms with van der Waals surface area (Å²) in [5, 5.41) is 0.438. The maximum atomic E-state index is 12.9. The van der Waals surface area contributed by atoms with Crippen molar-refractivity contribution >= 4 is 27.6 Å². The summed E-state index contributed by atoms with van der Waals surface area (Å²) in [7, 11) is -4.10. The molecule has 0 radical (unpaired) electrons. The summed E-state index contributed by atoms with van der Waals surface area (Å²) in [5.41, 5.74) is -1.03. The van der Waals surface area contributed by atoms with Gasteiger partial charge in [-0.15, -0.1) is 0 Å². The average molecular weight is 492 g/mol. The Morgan fingerprint density at radius 2 is 1.75 bits per heavy atom. The third-order valence-corrected chi connectivity index (χ3v) is 7.22. The van der Waals surface area contributed by atoms with E-state index in [4.69, 9.17) is 21.1 Å². The van der Waals surface area contributed by atoms with Gasteiger partial charge in [0.25, 0.3) is 0 Å². The molecule has 0 unspecified atom stereocenters. The van der Waals surface area contributed by atoms with E-state index in [1.54, 1.807) is 24.3 Å². The number of para-hydroxylation sites is 1. The van der Waals surface area contributed by atoms with E-state index >= 15 is 0 Å². The van der Waals surface area contributed by atoms with Gasteiger partial charge in [0.2, 0.25) is 10.0 Å². The molecule has 6 nitrogen and oxygen atoms in total. The molecule has 0 saturated carbocycles. The summed E-state index contributed by atoms with van der Waals surface area (Å²) in [5.74, 6) is -0.495. The molecule has 3 rings (SSSR count). The van der Waals surface area contributed by atoms with E-state index in [9.17, 15) is 26.4 Å². The lowest BCUT2D eigenvalue weighted by molar-refractivity contribution is -0.150. The minimum Gasteiger partial charge on any atom is -0.488 e. The third kappa shape index (κ3) is 5.93. The zero-order valence-electron chi connectivity index (χ0n) is 16.8. The van der Waals surface area contributed by atoms with E-state index in [0.29, 0.717) is 16.8 Å². The van der Waals surface area contributed by atoms with Crippen molar-refractivity contribution in [3.63, 3.8) is 0 Å². The quantitative estimate of drug-likeness (QED) is 0.424. The van der Waals surface area contributed by atoms with Crippen LogP contribution in [0.2, 0.25) is 5.02 Å². The Bertz CT molecular complexity index is 1050. The van der Waals surface area contributed by atoms with Crippen LogP contribution < -0.4 is 4.74 Å². The lowest BCUT2D eigenvalue weighted by Gasteiger charge is -2.30. The highest BCUT2D eigenvalue weighted by molar-refractivity contribution is 7.89. The number of hydrogen-bond donors (Lipinski definition) is 0. The highest BCUT2D eigenvalue weighted by Gasteiger charge is 2.35. The lowest BCUT2D eigenvalue weighted by Crippen LogP contribution is -2.40. The number of hydrogen-bond acceptors (Lipinski definition) is 5. The molecular weight excluding hydrogens is 471 g/mol. The summed E-state index contributed by atoms with van der Waals surface area (Å²) in [6, 6.07) is 10.5. The second-order valence-electron chi connectivity index (χ2n) is 7.15. The van der Waals surface area contributed by atoms with Crippen LogP contribution in [0.15, 0.2) is 53.4 Å². The van der Waals surface area contributed by atoms with Crippen molar-refractivity contribution in [2.75, 3.05) is 26.3 Å². The van der Waals surface area contributed by atoms with Gasteiger partial charge in [0.05, 0.1) is 21.4 Å². The topological polar surface area (TPSA) is 72.9 Å². The lowest BCUT2D eigenvalue weighted by atomic mass is 9.98. The summed E-state index contributed by atoms with van der Waals surface area (Å²) in [4.78, 5) is 11.8. The van der Waals surface area contributed by atoms with Crippen molar-refractivity contribution in [2.45, 2.75) is 23.9 Å². The number of esters is 1. The average Bonchev–Trinajstić information content (AvgIpc) is 2.77. The molecular formula is C21H21ClF3NO5S. The molecule has 1 aliphatic heterocycles. The van der Waals surface area contributed by atoms with Gasteiger partial charge in [0, 0.05) is 13.1 Å². The molecule has 0 atom stereocenters. The summed E-state index contributed by atoms with van der Waals surface area (Å²) < 4.78 is 75.9. The predicted molar refractivity (Wildman–Crippen MR) is 111 cm³/mol. The number of rotatable bonds is 7. The van der Waals surface area contributed by atoms with Crippen LogP contribution in [0.25, 0.3) is 0 Å². The largest absolute Gasteiger partial charge is 0.488 e. The van der Waals surface area contributed by atoms with Gasteiger partial charge in [-0.1, -0.05) is 29.8 Å². The SMILES string of the molecule is O=C(OCCOc1ccccc1Cl)C1CCN(S(=O)(=O)c2cccc(C(F)(F)F)c2)CC1. The van der Waals surface area contributed by atoms with Gasteiger partial charge in [-0.3, -0.25) is 4.79 Å². The molecule has 0 aromatic heterocycles. The van der Waals surface area contributed by atoms with Crippen molar-refractivity contribution in [3.05, 3.63) is 59.1 Å². The number of piperidine rings is 1. The minimum atomic E-state index is -4.64. The molecule has 0 amide bonds. The van der Waals surface area contributed by atoms with Gasteiger partial charge in [-0.25, -0.2) is 8.42 Å². The molecule has 0 N–H and O–H groups in total. The van der Waals surface area contributed by atoms with Crippen LogP contribution in [0.1, 0.15) is 18.4 Å². The molecule has 174 valence electrons. The number of carbonyl (C=O) groups excluding carboxylic acids is 1. The fourth-order valence-corrected chi connectivity index (χ4v) is 4.99. The maximum absolute atomic E-state index is 12.9. The van der Waals surface area contributed by atoms with Gasteiger partial charge in [0.1, 0.15) is 19.0 Å². The van der Waals surface area contributed by atoms with Crippen molar-refractivity contribution in [3.8, 4) is 5.75 Å². The second kappa shape index (κ2) is 10.1. The molecule has 0 aliphatic carbocycles. The van der Waals surface area contributed by atoms with Gasteiger partial charge in [-0.05, 0) is 43.2 Å². The van der Waals surface area contributed by atoms with Crippen LogP contribution in [-0.2, 0) is 25.7 Å². The number of alkyl halides is 3. The Morgan fingerprint density at radius 1 is 1.06 bits per heavy atom.